The topological polar surface area (TPSA) is 24.9 Å². The average Bonchev–Trinajstić information content (AvgIpc) is 2.25. The summed E-state index contributed by atoms with van der Waals surface area (Å²) in [5.74, 6) is 2.57. The van der Waals surface area contributed by atoms with E-state index in [-0.39, 0.29) is 0 Å². The molecule has 2 nitrogen and oxygen atoms in total. The maximum absolute atomic E-state index is 5.23. The van der Waals surface area contributed by atoms with Crippen LogP contribution in [0.15, 0.2) is 30.3 Å². The van der Waals surface area contributed by atoms with E-state index in [9.17, 15) is 0 Å². The quantitative estimate of drug-likeness (QED) is 0.747. The van der Waals surface area contributed by atoms with Crippen molar-refractivity contribution in [3.05, 3.63) is 36.0 Å². The largest absolute Gasteiger partial charge is 0.374 e. The minimum absolute atomic E-state index is 0.535. The van der Waals surface area contributed by atoms with Gasteiger partial charge in [-0.1, -0.05) is 24.1 Å². The zero-order chi connectivity index (χ0) is 10.7. The third kappa shape index (κ3) is 1.92. The molecule has 0 fully saturated rings. The van der Waals surface area contributed by atoms with Crippen LogP contribution in [0.5, 0.6) is 0 Å². The van der Waals surface area contributed by atoms with Crippen LogP contribution in [-0.2, 0) is 0 Å². The third-order valence-corrected chi connectivity index (χ3v) is 2.23. The predicted molar refractivity (Wildman–Crippen MR) is 63.8 cm³/mol. The Labute approximate surface area is 89.3 Å². The molecule has 0 bridgehead atoms. The van der Waals surface area contributed by atoms with Crippen molar-refractivity contribution in [1.29, 1.82) is 0 Å². The van der Waals surface area contributed by atoms with Crippen molar-refractivity contribution in [2.75, 3.05) is 11.9 Å². The smallest absolute Gasteiger partial charge is 0.0763 e. The van der Waals surface area contributed by atoms with E-state index < -0.39 is 0 Å². The Bertz CT molecular complexity index is 524. The van der Waals surface area contributed by atoms with E-state index in [0.717, 1.165) is 22.3 Å². The van der Waals surface area contributed by atoms with Crippen molar-refractivity contribution in [1.82, 2.24) is 4.98 Å². The van der Waals surface area contributed by atoms with E-state index in [2.05, 4.69) is 16.2 Å². The molecule has 0 aliphatic heterocycles. The molecule has 0 spiro atoms. The number of aryl methyl sites for hydroxylation is 1. The van der Waals surface area contributed by atoms with Crippen molar-refractivity contribution < 1.29 is 0 Å². The van der Waals surface area contributed by atoms with Gasteiger partial charge in [0.25, 0.3) is 0 Å². The standard InChI is InChI=1S/C13H12N2/c1-3-8-14-13-9-10(2)15-12-7-5-4-6-11(12)13/h1,4-7,9H,8H2,2H3,(H,14,15). The Balaban J connectivity index is 2.56. The number of hydrogen-bond donors (Lipinski definition) is 1. The Morgan fingerprint density at radius 3 is 3.00 bits per heavy atom. The van der Waals surface area contributed by atoms with Crippen molar-refractivity contribution in [3.8, 4) is 12.3 Å². The highest BCUT2D eigenvalue weighted by molar-refractivity contribution is 5.91. The van der Waals surface area contributed by atoms with Crippen LogP contribution >= 0.6 is 0 Å². The first-order valence-corrected chi connectivity index (χ1v) is 4.85. The molecule has 74 valence electrons. The van der Waals surface area contributed by atoms with Gasteiger partial charge in [-0.05, 0) is 19.1 Å². The van der Waals surface area contributed by atoms with Crippen LogP contribution in [0.3, 0.4) is 0 Å². The van der Waals surface area contributed by atoms with Gasteiger partial charge in [-0.15, -0.1) is 6.42 Å². The lowest BCUT2D eigenvalue weighted by Gasteiger charge is -2.08. The van der Waals surface area contributed by atoms with Gasteiger partial charge in [0.1, 0.15) is 0 Å². The van der Waals surface area contributed by atoms with Gasteiger partial charge >= 0.3 is 0 Å². The van der Waals surface area contributed by atoms with Gasteiger partial charge in [-0.3, -0.25) is 4.98 Å². The molecule has 0 aliphatic rings. The molecular formula is C13H12N2. The molecule has 1 N–H and O–H groups in total. The lowest BCUT2D eigenvalue weighted by atomic mass is 10.1. The molecule has 2 aromatic rings. The Morgan fingerprint density at radius 1 is 1.40 bits per heavy atom. The summed E-state index contributed by atoms with van der Waals surface area (Å²) >= 11 is 0. The van der Waals surface area contributed by atoms with Crippen LogP contribution in [0.4, 0.5) is 5.69 Å². The molecule has 0 saturated carbocycles. The number of pyridine rings is 1. The number of rotatable bonds is 2. The SMILES string of the molecule is C#CCNc1cc(C)nc2ccccc12. The number of anilines is 1. The molecule has 0 aliphatic carbocycles. The minimum atomic E-state index is 0.535. The molecule has 0 radical (unpaired) electrons. The second-order valence-electron chi connectivity index (χ2n) is 3.39. The Kier molecular flexibility index (Phi) is 2.55. The summed E-state index contributed by atoms with van der Waals surface area (Å²) < 4.78 is 0. The number of aromatic nitrogens is 1. The Morgan fingerprint density at radius 2 is 2.20 bits per heavy atom. The van der Waals surface area contributed by atoms with Gasteiger partial charge in [-0.2, -0.15) is 0 Å². The second kappa shape index (κ2) is 4.02. The number of hydrogen-bond acceptors (Lipinski definition) is 2. The summed E-state index contributed by atoms with van der Waals surface area (Å²) in [5.41, 5.74) is 3.04. The molecule has 15 heavy (non-hydrogen) atoms. The molecule has 0 unspecified atom stereocenters. The number of terminal acetylenes is 1. The van der Waals surface area contributed by atoms with Crippen molar-refractivity contribution in [2.24, 2.45) is 0 Å². The normalized spacial score (nSPS) is 9.87. The number of nitrogens with zero attached hydrogens (tertiary/aromatic N) is 1. The summed E-state index contributed by atoms with van der Waals surface area (Å²) in [6, 6.07) is 10.0. The zero-order valence-electron chi connectivity index (χ0n) is 8.62. The van der Waals surface area contributed by atoms with Crippen molar-refractivity contribution in [2.45, 2.75) is 6.92 Å². The highest BCUT2D eigenvalue weighted by Crippen LogP contribution is 2.22. The van der Waals surface area contributed by atoms with Crippen LogP contribution in [0.25, 0.3) is 10.9 Å². The van der Waals surface area contributed by atoms with E-state index in [1.54, 1.807) is 0 Å². The summed E-state index contributed by atoms with van der Waals surface area (Å²) in [4.78, 5) is 4.45. The first-order valence-electron chi connectivity index (χ1n) is 4.85. The van der Waals surface area contributed by atoms with Crippen molar-refractivity contribution in [3.63, 3.8) is 0 Å². The molecule has 0 atom stereocenters. The van der Waals surface area contributed by atoms with Crippen LogP contribution in [0.1, 0.15) is 5.69 Å². The van der Waals surface area contributed by atoms with Gasteiger partial charge in [0, 0.05) is 16.8 Å². The van der Waals surface area contributed by atoms with Gasteiger partial charge in [-0.25, -0.2) is 0 Å². The lowest BCUT2D eigenvalue weighted by Crippen LogP contribution is -2.00. The van der Waals surface area contributed by atoms with Gasteiger partial charge in [0.2, 0.25) is 0 Å². The number of nitrogens with one attached hydrogen (secondary N) is 1. The lowest BCUT2D eigenvalue weighted by molar-refractivity contribution is 1.24. The molecule has 1 heterocycles. The molecular weight excluding hydrogens is 184 g/mol. The van der Waals surface area contributed by atoms with Crippen LogP contribution < -0.4 is 5.32 Å². The molecule has 0 amide bonds. The summed E-state index contributed by atoms with van der Waals surface area (Å²) in [7, 11) is 0. The van der Waals surface area contributed by atoms with E-state index in [4.69, 9.17) is 6.42 Å². The van der Waals surface area contributed by atoms with E-state index >= 15 is 0 Å². The van der Waals surface area contributed by atoms with E-state index in [1.807, 2.05) is 37.3 Å². The fourth-order valence-corrected chi connectivity index (χ4v) is 1.60. The van der Waals surface area contributed by atoms with E-state index in [0.29, 0.717) is 6.54 Å². The first kappa shape index (κ1) is 9.54. The number of para-hydroxylation sites is 1. The van der Waals surface area contributed by atoms with Crippen molar-refractivity contribution >= 4 is 16.6 Å². The first-order chi connectivity index (χ1) is 7.31. The van der Waals surface area contributed by atoms with Gasteiger partial charge < -0.3 is 5.32 Å². The van der Waals surface area contributed by atoms with Gasteiger partial charge in [0.15, 0.2) is 0 Å². The predicted octanol–water partition coefficient (Wildman–Crippen LogP) is 2.59. The molecule has 1 aromatic carbocycles. The van der Waals surface area contributed by atoms with Crippen LogP contribution in [0.2, 0.25) is 0 Å². The van der Waals surface area contributed by atoms with Crippen LogP contribution in [-0.4, -0.2) is 11.5 Å². The number of fused-ring (bicyclic) bond motifs is 1. The average molecular weight is 196 g/mol. The van der Waals surface area contributed by atoms with Crippen LogP contribution in [0, 0.1) is 19.3 Å². The molecule has 1 aromatic heterocycles. The minimum Gasteiger partial charge on any atom is -0.374 e. The maximum Gasteiger partial charge on any atom is 0.0763 e. The summed E-state index contributed by atoms with van der Waals surface area (Å²) in [6.07, 6.45) is 5.23. The highest BCUT2D eigenvalue weighted by atomic mass is 14.9. The van der Waals surface area contributed by atoms with E-state index in [1.165, 1.54) is 0 Å². The highest BCUT2D eigenvalue weighted by Gasteiger charge is 2.01. The molecule has 0 saturated heterocycles. The number of benzene rings is 1. The Hall–Kier alpha value is -2.01. The zero-order valence-corrected chi connectivity index (χ0v) is 8.62. The van der Waals surface area contributed by atoms with Gasteiger partial charge in [0.05, 0.1) is 12.1 Å². The maximum atomic E-state index is 5.23. The second-order valence-corrected chi connectivity index (χ2v) is 3.39. The fraction of sp³-hybridized carbons (Fsp3) is 0.154. The monoisotopic (exact) mass is 196 g/mol. The summed E-state index contributed by atoms with van der Waals surface area (Å²) in [6.45, 7) is 2.51. The summed E-state index contributed by atoms with van der Waals surface area (Å²) in [5, 5.41) is 4.31. The fourth-order valence-electron chi connectivity index (χ4n) is 1.60. The molecule has 2 heteroatoms. The molecule has 2 rings (SSSR count). The third-order valence-electron chi connectivity index (χ3n) is 2.23.